The summed E-state index contributed by atoms with van der Waals surface area (Å²) in [5, 5.41) is 10.1. The first-order chi connectivity index (χ1) is 15.7. The molecule has 1 heterocycles. The van der Waals surface area contributed by atoms with E-state index >= 15 is 0 Å². The molecule has 1 aliphatic rings. The van der Waals surface area contributed by atoms with Crippen molar-refractivity contribution in [1.82, 2.24) is 4.72 Å². The van der Waals surface area contributed by atoms with Crippen LogP contribution in [-0.2, 0) is 30.8 Å². The highest BCUT2D eigenvalue weighted by molar-refractivity contribution is 7.89. The average molecular weight is 484 g/mol. The zero-order valence-electron chi connectivity index (χ0n) is 19.7. The summed E-state index contributed by atoms with van der Waals surface area (Å²) in [6.45, 7) is 10.6. The van der Waals surface area contributed by atoms with Gasteiger partial charge in [0, 0.05) is 25.3 Å². The number of fused-ring (bicyclic) bond motifs is 1. The Hall–Kier alpha value is -2.66. The van der Waals surface area contributed by atoms with Crippen LogP contribution in [0.2, 0.25) is 0 Å². The van der Waals surface area contributed by atoms with E-state index in [1.165, 1.54) is 19.1 Å². The molecule has 2 aromatic rings. The number of sulfonamides is 1. The molecule has 0 fully saturated rings. The Morgan fingerprint density at radius 3 is 2.21 bits per heavy atom. The molecule has 0 radical (unpaired) electrons. The van der Waals surface area contributed by atoms with Crippen molar-refractivity contribution in [2.45, 2.75) is 52.3 Å². The molecule has 2 aromatic carbocycles. The maximum absolute atomic E-state index is 12.2. The molecule has 10 heteroatoms. The molecule has 0 saturated heterocycles. The van der Waals surface area contributed by atoms with E-state index in [4.69, 9.17) is 23.7 Å². The van der Waals surface area contributed by atoms with E-state index in [0.29, 0.717) is 11.3 Å². The fourth-order valence-corrected chi connectivity index (χ4v) is 3.64. The molecule has 9 nitrogen and oxygen atoms in total. The lowest BCUT2D eigenvalue weighted by Gasteiger charge is -2.09. The van der Waals surface area contributed by atoms with E-state index in [1.54, 1.807) is 24.3 Å². The van der Waals surface area contributed by atoms with Crippen LogP contribution in [0.4, 0.5) is 0 Å². The molecule has 2 N–H and O–H groups in total. The molecule has 3 rings (SSSR count). The highest BCUT2D eigenvalue weighted by Crippen LogP contribution is 2.42. The van der Waals surface area contributed by atoms with Crippen LogP contribution in [-0.4, -0.2) is 46.1 Å². The van der Waals surface area contributed by atoms with Gasteiger partial charge in [-0.05, 0) is 52.8 Å². The van der Waals surface area contributed by atoms with Gasteiger partial charge in [0.25, 0.3) is 0 Å². The van der Waals surface area contributed by atoms with Gasteiger partial charge in [0.1, 0.15) is 6.29 Å². The van der Waals surface area contributed by atoms with Gasteiger partial charge >= 0.3 is 0 Å². The second-order valence-corrected chi connectivity index (χ2v) is 8.43. The SMILES string of the molecule is CC=O.CCOC(C)OCC.Cc1ccc(S(=O)(=O)NCc2ccc3c(c2O)OCO3)cc1. The lowest BCUT2D eigenvalue weighted by Crippen LogP contribution is -2.23. The zero-order valence-corrected chi connectivity index (χ0v) is 20.5. The molecule has 0 saturated carbocycles. The number of aldehydes is 1. The van der Waals surface area contributed by atoms with E-state index in [0.717, 1.165) is 25.1 Å². The van der Waals surface area contributed by atoms with E-state index in [-0.39, 0.29) is 36.0 Å². The van der Waals surface area contributed by atoms with Gasteiger partial charge in [0.2, 0.25) is 22.6 Å². The number of phenolic OH excluding ortho intramolecular Hbond substituents is 1. The van der Waals surface area contributed by atoms with Crippen molar-refractivity contribution in [2.75, 3.05) is 20.0 Å². The summed E-state index contributed by atoms with van der Waals surface area (Å²) in [5.74, 6) is 0.580. The summed E-state index contributed by atoms with van der Waals surface area (Å²) < 4.78 is 47.3. The van der Waals surface area contributed by atoms with Crippen LogP contribution in [0.25, 0.3) is 0 Å². The lowest BCUT2D eigenvalue weighted by atomic mass is 10.2. The van der Waals surface area contributed by atoms with E-state index in [1.807, 2.05) is 27.7 Å². The molecule has 0 aromatic heterocycles. The van der Waals surface area contributed by atoms with Gasteiger partial charge in [-0.2, -0.15) is 0 Å². The van der Waals surface area contributed by atoms with Gasteiger partial charge in [0.15, 0.2) is 17.8 Å². The lowest BCUT2D eigenvalue weighted by molar-refractivity contribution is -0.123. The fourth-order valence-electron chi connectivity index (χ4n) is 2.63. The van der Waals surface area contributed by atoms with Gasteiger partial charge in [-0.25, -0.2) is 13.1 Å². The van der Waals surface area contributed by atoms with E-state index in [9.17, 15) is 13.5 Å². The molecule has 0 spiro atoms. The summed E-state index contributed by atoms with van der Waals surface area (Å²) in [5.41, 5.74) is 1.40. The number of hydrogen-bond donors (Lipinski definition) is 2. The second kappa shape index (κ2) is 14.5. The smallest absolute Gasteiger partial charge is 0.240 e. The van der Waals surface area contributed by atoms with Crippen LogP contribution < -0.4 is 14.2 Å². The summed E-state index contributed by atoms with van der Waals surface area (Å²) in [6, 6.07) is 9.77. The standard InChI is InChI=1S/C15H15NO5S.C6H14O2.C2H4O/c1-10-2-5-12(6-3-10)22(18,19)16-8-11-4-7-13-15(14(11)17)21-9-20-13;1-4-7-6(3)8-5-2;1-2-3/h2-7,16-17H,8-9H2,1H3;6H,4-5H2,1-3H3;2H,1H3. The predicted octanol–water partition coefficient (Wildman–Crippen LogP) is 3.52. The number of hydrogen-bond acceptors (Lipinski definition) is 8. The summed E-state index contributed by atoms with van der Waals surface area (Å²) >= 11 is 0. The monoisotopic (exact) mass is 483 g/mol. The summed E-state index contributed by atoms with van der Waals surface area (Å²) in [6.07, 6.45) is 0.713. The molecule has 0 amide bonds. The average Bonchev–Trinajstić information content (AvgIpc) is 3.25. The first-order valence-electron chi connectivity index (χ1n) is 10.5. The second-order valence-electron chi connectivity index (χ2n) is 6.66. The van der Waals surface area contributed by atoms with E-state index in [2.05, 4.69) is 4.72 Å². The largest absolute Gasteiger partial charge is 0.504 e. The van der Waals surface area contributed by atoms with Crippen molar-refractivity contribution >= 4 is 16.3 Å². The van der Waals surface area contributed by atoms with Crippen LogP contribution in [0.5, 0.6) is 17.2 Å². The number of phenols is 1. The summed E-state index contributed by atoms with van der Waals surface area (Å²) in [4.78, 5) is 8.98. The Labute approximate surface area is 195 Å². The number of aryl methyl sites for hydroxylation is 1. The van der Waals surface area contributed by atoms with Crippen molar-refractivity contribution in [2.24, 2.45) is 0 Å². The third-order valence-corrected chi connectivity index (χ3v) is 5.60. The Morgan fingerprint density at radius 2 is 1.67 bits per heavy atom. The Morgan fingerprint density at radius 1 is 1.09 bits per heavy atom. The minimum Gasteiger partial charge on any atom is -0.504 e. The van der Waals surface area contributed by atoms with Gasteiger partial charge in [-0.15, -0.1) is 0 Å². The topological polar surface area (TPSA) is 120 Å². The highest BCUT2D eigenvalue weighted by Gasteiger charge is 2.21. The Kier molecular flexibility index (Phi) is 12.5. The van der Waals surface area contributed by atoms with Crippen molar-refractivity contribution in [3.8, 4) is 17.2 Å². The van der Waals surface area contributed by atoms with Gasteiger partial charge in [-0.3, -0.25) is 0 Å². The van der Waals surface area contributed by atoms with E-state index < -0.39 is 10.0 Å². The Bertz CT molecular complexity index is 955. The van der Waals surface area contributed by atoms with Crippen LogP contribution in [0.1, 0.15) is 38.8 Å². The van der Waals surface area contributed by atoms with Crippen LogP contribution in [0, 0.1) is 6.92 Å². The number of ether oxygens (including phenoxy) is 4. The van der Waals surface area contributed by atoms with Crippen molar-refractivity contribution in [3.63, 3.8) is 0 Å². The number of nitrogens with one attached hydrogen (secondary N) is 1. The fraction of sp³-hybridized carbons (Fsp3) is 0.435. The molecule has 0 atom stereocenters. The van der Waals surface area contributed by atoms with Gasteiger partial charge < -0.3 is 28.8 Å². The number of rotatable bonds is 8. The highest BCUT2D eigenvalue weighted by atomic mass is 32.2. The predicted molar refractivity (Wildman–Crippen MR) is 124 cm³/mol. The van der Waals surface area contributed by atoms with Crippen LogP contribution >= 0.6 is 0 Å². The third-order valence-electron chi connectivity index (χ3n) is 4.18. The minimum atomic E-state index is -3.64. The van der Waals surface area contributed by atoms with Crippen LogP contribution in [0.15, 0.2) is 41.3 Å². The first kappa shape index (κ1) is 28.4. The molecule has 1 aliphatic heterocycles. The number of carbonyl (C=O) groups excluding carboxylic acids is 1. The van der Waals surface area contributed by atoms with Gasteiger partial charge in [0.05, 0.1) is 4.90 Å². The third kappa shape index (κ3) is 9.39. The van der Waals surface area contributed by atoms with Crippen LogP contribution in [0.3, 0.4) is 0 Å². The van der Waals surface area contributed by atoms with Crippen molar-refractivity contribution in [3.05, 3.63) is 47.5 Å². The molecule has 0 unspecified atom stereocenters. The number of benzene rings is 2. The molecular weight excluding hydrogens is 450 g/mol. The van der Waals surface area contributed by atoms with Gasteiger partial charge in [-0.1, -0.05) is 23.8 Å². The maximum atomic E-state index is 12.2. The first-order valence-corrected chi connectivity index (χ1v) is 12.0. The quantitative estimate of drug-likeness (QED) is 0.432. The number of carbonyl (C=O) groups is 1. The molecule has 0 aliphatic carbocycles. The normalized spacial score (nSPS) is 11.8. The molecule has 0 bridgehead atoms. The molecule has 33 heavy (non-hydrogen) atoms. The number of aromatic hydroxyl groups is 1. The van der Waals surface area contributed by atoms with Crippen molar-refractivity contribution in [1.29, 1.82) is 0 Å². The minimum absolute atomic E-state index is 0.0370. The van der Waals surface area contributed by atoms with Crippen molar-refractivity contribution < 1.29 is 37.3 Å². The molecular formula is C23H33NO8S. The maximum Gasteiger partial charge on any atom is 0.240 e. The molecule has 184 valence electrons. The Balaban J connectivity index is 0.000000417. The summed E-state index contributed by atoms with van der Waals surface area (Å²) in [7, 11) is -3.64. The zero-order chi connectivity index (χ0) is 24.9.